The average molecular weight is 384 g/mol. The number of nitrogens with zero attached hydrogens (tertiary/aromatic N) is 1. The summed E-state index contributed by atoms with van der Waals surface area (Å²) >= 11 is 5.77. The summed E-state index contributed by atoms with van der Waals surface area (Å²) in [6.45, 7) is 0.776. The summed E-state index contributed by atoms with van der Waals surface area (Å²) in [5.41, 5.74) is 4.41. The molecule has 1 aromatic carbocycles. The van der Waals surface area contributed by atoms with E-state index >= 15 is 0 Å². The third kappa shape index (κ3) is 4.70. The van der Waals surface area contributed by atoms with E-state index in [1.54, 1.807) is 30.5 Å². The fourth-order valence-electron chi connectivity index (χ4n) is 2.75. The molecule has 0 aliphatic rings. The number of carbonyl (C=O) groups is 1. The molecule has 2 heterocycles. The molecule has 2 aromatic heterocycles. The van der Waals surface area contributed by atoms with Gasteiger partial charge in [0.05, 0.1) is 5.69 Å². The van der Waals surface area contributed by atoms with E-state index in [2.05, 4.69) is 15.3 Å². The van der Waals surface area contributed by atoms with Gasteiger partial charge in [0.2, 0.25) is 0 Å². The third-order valence-electron chi connectivity index (χ3n) is 4.17. The van der Waals surface area contributed by atoms with Gasteiger partial charge in [0.1, 0.15) is 5.82 Å². The molecule has 0 unspecified atom stereocenters. The van der Waals surface area contributed by atoms with Crippen molar-refractivity contribution in [3.05, 3.63) is 75.9 Å². The van der Waals surface area contributed by atoms with Gasteiger partial charge in [0.15, 0.2) is 6.29 Å². The predicted molar refractivity (Wildman–Crippen MR) is 107 cm³/mol. The summed E-state index contributed by atoms with van der Waals surface area (Å²) in [6, 6.07) is 10.1. The SMILES string of the molecule is CNCCc1[nH]c(-c2ccnc(/C=C/c3ccc(Cl)cc3F)c2)cc1C=O. The molecular formula is C21H19ClFN3O. The van der Waals surface area contributed by atoms with Gasteiger partial charge in [0, 0.05) is 52.3 Å². The van der Waals surface area contributed by atoms with Crippen molar-refractivity contribution in [3.8, 4) is 11.3 Å². The minimum atomic E-state index is -0.385. The molecule has 27 heavy (non-hydrogen) atoms. The van der Waals surface area contributed by atoms with Gasteiger partial charge >= 0.3 is 0 Å². The van der Waals surface area contributed by atoms with Crippen LogP contribution >= 0.6 is 11.6 Å². The average Bonchev–Trinajstić information content (AvgIpc) is 3.09. The summed E-state index contributed by atoms with van der Waals surface area (Å²) in [7, 11) is 1.87. The van der Waals surface area contributed by atoms with E-state index in [0.717, 1.165) is 36.2 Å². The van der Waals surface area contributed by atoms with Crippen molar-refractivity contribution >= 4 is 30.0 Å². The molecule has 4 nitrogen and oxygen atoms in total. The Hall–Kier alpha value is -2.76. The molecule has 0 amide bonds. The second-order valence-electron chi connectivity index (χ2n) is 6.06. The highest BCUT2D eigenvalue weighted by Gasteiger charge is 2.09. The normalized spacial score (nSPS) is 11.2. The van der Waals surface area contributed by atoms with Gasteiger partial charge in [-0.1, -0.05) is 17.7 Å². The van der Waals surface area contributed by atoms with E-state index in [4.69, 9.17) is 11.6 Å². The number of benzene rings is 1. The van der Waals surface area contributed by atoms with Crippen LogP contribution in [0.1, 0.15) is 27.3 Å². The predicted octanol–water partition coefficient (Wildman–Crippen LogP) is 4.61. The van der Waals surface area contributed by atoms with E-state index in [-0.39, 0.29) is 5.82 Å². The monoisotopic (exact) mass is 383 g/mol. The second-order valence-corrected chi connectivity index (χ2v) is 6.49. The van der Waals surface area contributed by atoms with Crippen LogP contribution in [0, 0.1) is 5.82 Å². The van der Waals surface area contributed by atoms with Gasteiger partial charge in [-0.25, -0.2) is 4.39 Å². The number of pyridine rings is 1. The van der Waals surface area contributed by atoms with Crippen molar-refractivity contribution in [2.24, 2.45) is 0 Å². The first-order valence-electron chi connectivity index (χ1n) is 8.52. The number of H-pyrrole nitrogens is 1. The maximum Gasteiger partial charge on any atom is 0.151 e. The van der Waals surface area contributed by atoms with E-state index in [0.29, 0.717) is 21.8 Å². The summed E-state index contributed by atoms with van der Waals surface area (Å²) in [5, 5.41) is 3.43. The Morgan fingerprint density at radius 2 is 2.04 bits per heavy atom. The molecule has 6 heteroatoms. The molecule has 0 atom stereocenters. The lowest BCUT2D eigenvalue weighted by molar-refractivity contribution is 0.112. The van der Waals surface area contributed by atoms with Crippen LogP contribution in [-0.2, 0) is 6.42 Å². The number of aldehydes is 1. The van der Waals surface area contributed by atoms with Gasteiger partial charge in [-0.3, -0.25) is 9.78 Å². The number of rotatable bonds is 7. The molecule has 0 bridgehead atoms. The molecule has 0 aliphatic heterocycles. The number of hydrogen-bond acceptors (Lipinski definition) is 3. The number of likely N-dealkylation sites (N-methyl/N-ethyl adjacent to an activating group) is 1. The van der Waals surface area contributed by atoms with Crippen molar-refractivity contribution in [2.45, 2.75) is 6.42 Å². The Morgan fingerprint density at radius 1 is 1.19 bits per heavy atom. The quantitative estimate of drug-likeness (QED) is 0.585. The summed E-state index contributed by atoms with van der Waals surface area (Å²) in [4.78, 5) is 18.9. The Bertz CT molecular complexity index is 981. The highest BCUT2D eigenvalue weighted by molar-refractivity contribution is 6.30. The lowest BCUT2D eigenvalue weighted by Gasteiger charge is -2.01. The number of hydrogen-bond donors (Lipinski definition) is 2. The van der Waals surface area contributed by atoms with Crippen LogP contribution in [0.5, 0.6) is 0 Å². The van der Waals surface area contributed by atoms with Gasteiger partial charge in [0.25, 0.3) is 0 Å². The number of carbonyl (C=O) groups excluding carboxylic acids is 1. The lowest BCUT2D eigenvalue weighted by atomic mass is 10.1. The highest BCUT2D eigenvalue weighted by atomic mass is 35.5. The minimum Gasteiger partial charge on any atom is -0.358 e. The molecule has 0 fully saturated rings. The first kappa shape index (κ1) is 19.0. The molecule has 3 aromatic rings. The fourth-order valence-corrected chi connectivity index (χ4v) is 2.91. The van der Waals surface area contributed by atoms with E-state index < -0.39 is 0 Å². The number of halogens is 2. The summed E-state index contributed by atoms with van der Waals surface area (Å²) in [5.74, 6) is -0.385. The zero-order valence-corrected chi connectivity index (χ0v) is 15.6. The molecular weight excluding hydrogens is 365 g/mol. The van der Waals surface area contributed by atoms with Gasteiger partial charge in [-0.15, -0.1) is 0 Å². The zero-order chi connectivity index (χ0) is 19.2. The van der Waals surface area contributed by atoms with Crippen LogP contribution in [0.3, 0.4) is 0 Å². The van der Waals surface area contributed by atoms with Crippen LogP contribution in [0.2, 0.25) is 5.02 Å². The van der Waals surface area contributed by atoms with Crippen LogP contribution in [0.4, 0.5) is 4.39 Å². The van der Waals surface area contributed by atoms with Crippen molar-refractivity contribution < 1.29 is 9.18 Å². The first-order chi connectivity index (χ1) is 13.1. The third-order valence-corrected chi connectivity index (χ3v) is 4.41. The molecule has 3 rings (SSSR count). The lowest BCUT2D eigenvalue weighted by Crippen LogP contribution is -2.11. The van der Waals surface area contributed by atoms with Crippen molar-refractivity contribution in [2.75, 3.05) is 13.6 Å². The van der Waals surface area contributed by atoms with E-state index in [9.17, 15) is 9.18 Å². The molecule has 0 saturated heterocycles. The topological polar surface area (TPSA) is 57.8 Å². The number of aromatic amines is 1. The second kappa shape index (κ2) is 8.75. The molecule has 0 radical (unpaired) electrons. The molecule has 2 N–H and O–H groups in total. The van der Waals surface area contributed by atoms with E-state index in [1.165, 1.54) is 6.07 Å². The van der Waals surface area contributed by atoms with Crippen molar-refractivity contribution in [1.82, 2.24) is 15.3 Å². The highest BCUT2D eigenvalue weighted by Crippen LogP contribution is 2.23. The standard InChI is InChI=1S/C21H19ClFN3O/c1-24-8-7-20-16(13-27)11-21(26-20)15-6-9-25-18(10-15)5-3-14-2-4-17(22)12-19(14)23/h2-6,9-13,24,26H,7-8H2,1H3/b5-3+. The largest absolute Gasteiger partial charge is 0.358 e. The maximum absolute atomic E-state index is 13.9. The van der Waals surface area contributed by atoms with Crippen LogP contribution in [-0.4, -0.2) is 29.8 Å². The Morgan fingerprint density at radius 3 is 2.78 bits per heavy atom. The maximum atomic E-state index is 13.9. The Balaban J connectivity index is 1.86. The summed E-state index contributed by atoms with van der Waals surface area (Å²) in [6.07, 6.45) is 6.67. The number of nitrogens with one attached hydrogen (secondary N) is 2. The molecule has 0 aliphatic carbocycles. The molecule has 138 valence electrons. The Labute approximate surface area is 162 Å². The first-order valence-corrected chi connectivity index (χ1v) is 8.89. The van der Waals surface area contributed by atoms with Gasteiger partial charge in [-0.05, 0) is 49.5 Å². The van der Waals surface area contributed by atoms with Crippen LogP contribution < -0.4 is 5.32 Å². The van der Waals surface area contributed by atoms with Crippen LogP contribution in [0.15, 0.2) is 42.6 Å². The molecule has 0 saturated carbocycles. The van der Waals surface area contributed by atoms with Gasteiger partial charge < -0.3 is 10.3 Å². The van der Waals surface area contributed by atoms with Crippen LogP contribution in [0.25, 0.3) is 23.4 Å². The minimum absolute atomic E-state index is 0.358. The number of aromatic nitrogens is 2. The van der Waals surface area contributed by atoms with E-state index in [1.807, 2.05) is 25.2 Å². The zero-order valence-electron chi connectivity index (χ0n) is 14.8. The molecule has 0 spiro atoms. The summed E-state index contributed by atoms with van der Waals surface area (Å²) < 4.78 is 13.9. The van der Waals surface area contributed by atoms with Crippen molar-refractivity contribution in [1.29, 1.82) is 0 Å². The fraction of sp³-hybridized carbons (Fsp3) is 0.143. The van der Waals surface area contributed by atoms with Crippen molar-refractivity contribution in [3.63, 3.8) is 0 Å². The Kier molecular flexibility index (Phi) is 6.16. The smallest absolute Gasteiger partial charge is 0.151 e. The van der Waals surface area contributed by atoms with Gasteiger partial charge in [-0.2, -0.15) is 0 Å².